The lowest BCUT2D eigenvalue weighted by Crippen LogP contribution is -2.29. The third-order valence-electron chi connectivity index (χ3n) is 4.58. The second-order valence-electron chi connectivity index (χ2n) is 8.69. The van der Waals surface area contributed by atoms with E-state index < -0.39 is 0 Å². The van der Waals surface area contributed by atoms with E-state index >= 15 is 0 Å². The zero-order valence-corrected chi connectivity index (χ0v) is 19.1. The zero-order valence-electron chi connectivity index (χ0n) is 18.3. The maximum atomic E-state index is 11.8. The summed E-state index contributed by atoms with van der Waals surface area (Å²) in [5, 5.41) is 5.89. The van der Waals surface area contributed by atoms with E-state index in [1.807, 2.05) is 11.8 Å². The number of unbranched alkanes of at least 4 members (excludes halogenated alkanes) is 6. The van der Waals surface area contributed by atoms with Gasteiger partial charge in [-0.1, -0.05) is 52.9 Å². The van der Waals surface area contributed by atoms with Gasteiger partial charge in [-0.15, -0.1) is 0 Å². The molecule has 0 rings (SSSR count). The van der Waals surface area contributed by atoms with Crippen LogP contribution in [0.1, 0.15) is 97.8 Å². The monoisotopic (exact) mass is 400 g/mol. The number of hydrogen-bond donors (Lipinski definition) is 2. The number of hydrogen-bond acceptors (Lipinski definition) is 3. The highest BCUT2D eigenvalue weighted by Gasteiger charge is 2.09. The minimum Gasteiger partial charge on any atom is -0.356 e. The molecule has 0 radical (unpaired) electrons. The van der Waals surface area contributed by atoms with E-state index in [2.05, 4.69) is 37.7 Å². The first-order valence-corrected chi connectivity index (χ1v) is 12.3. The maximum absolute atomic E-state index is 11.8. The first-order chi connectivity index (χ1) is 12.8. The van der Waals surface area contributed by atoms with Gasteiger partial charge in [0.2, 0.25) is 11.8 Å². The van der Waals surface area contributed by atoms with E-state index in [-0.39, 0.29) is 11.8 Å². The minimum atomic E-state index is 0.140. The summed E-state index contributed by atoms with van der Waals surface area (Å²) in [5.41, 5.74) is 0.417. The Balaban J connectivity index is 3.36. The van der Waals surface area contributed by atoms with Crippen molar-refractivity contribution in [2.24, 2.45) is 5.41 Å². The molecule has 160 valence electrons. The summed E-state index contributed by atoms with van der Waals surface area (Å²) in [5.74, 6) is 1.50. The molecule has 0 aromatic heterocycles. The van der Waals surface area contributed by atoms with Crippen molar-refractivity contribution in [1.29, 1.82) is 0 Å². The molecule has 0 bridgehead atoms. The number of amides is 2. The van der Waals surface area contributed by atoms with Gasteiger partial charge in [0.25, 0.3) is 0 Å². The summed E-state index contributed by atoms with van der Waals surface area (Å²) in [6.07, 6.45) is 14.6. The number of carbonyl (C=O) groups excluding carboxylic acids is 2. The van der Waals surface area contributed by atoms with Gasteiger partial charge in [-0.05, 0) is 49.5 Å². The average Bonchev–Trinajstić information content (AvgIpc) is 2.59. The average molecular weight is 401 g/mol. The van der Waals surface area contributed by atoms with Gasteiger partial charge >= 0.3 is 0 Å². The summed E-state index contributed by atoms with van der Waals surface area (Å²) < 4.78 is 0. The number of rotatable bonds is 17. The summed E-state index contributed by atoms with van der Waals surface area (Å²) in [7, 11) is 0. The Morgan fingerprint density at radius 1 is 0.704 bits per heavy atom. The third-order valence-corrected chi connectivity index (χ3v) is 5.28. The van der Waals surface area contributed by atoms with Crippen LogP contribution in [0.4, 0.5) is 0 Å². The molecule has 0 spiro atoms. The molecule has 0 atom stereocenters. The van der Waals surface area contributed by atoms with Crippen molar-refractivity contribution in [3.8, 4) is 0 Å². The molecule has 2 N–H and O–H groups in total. The Labute approximate surface area is 172 Å². The number of nitrogens with one attached hydrogen (secondary N) is 2. The van der Waals surface area contributed by atoms with Crippen molar-refractivity contribution in [2.45, 2.75) is 97.8 Å². The molecule has 2 amide bonds. The van der Waals surface area contributed by atoms with Gasteiger partial charge in [-0.2, -0.15) is 11.8 Å². The van der Waals surface area contributed by atoms with Gasteiger partial charge in [-0.25, -0.2) is 0 Å². The van der Waals surface area contributed by atoms with Gasteiger partial charge in [0.05, 0.1) is 0 Å². The van der Waals surface area contributed by atoms with Crippen LogP contribution in [0.15, 0.2) is 0 Å². The zero-order chi connectivity index (χ0) is 20.4. The van der Waals surface area contributed by atoms with Crippen LogP contribution in [-0.4, -0.2) is 36.9 Å². The van der Waals surface area contributed by atoms with Gasteiger partial charge < -0.3 is 10.6 Å². The first-order valence-electron chi connectivity index (χ1n) is 10.9. The summed E-state index contributed by atoms with van der Waals surface area (Å²) in [6, 6.07) is 0. The van der Waals surface area contributed by atoms with Crippen molar-refractivity contribution in [2.75, 3.05) is 25.1 Å². The highest BCUT2D eigenvalue weighted by molar-refractivity contribution is 7.98. The van der Waals surface area contributed by atoms with Crippen LogP contribution in [0.25, 0.3) is 0 Å². The normalized spacial score (nSPS) is 11.4. The molecule has 4 nitrogen and oxygen atoms in total. The number of thioether (sulfide) groups is 1. The van der Waals surface area contributed by atoms with Crippen molar-refractivity contribution in [3.63, 3.8) is 0 Å². The Bertz CT molecular complexity index is 381. The second-order valence-corrected chi connectivity index (χ2v) is 9.67. The first kappa shape index (κ1) is 26.3. The summed E-state index contributed by atoms with van der Waals surface area (Å²) >= 11 is 1.88. The van der Waals surface area contributed by atoms with E-state index in [0.717, 1.165) is 32.1 Å². The van der Waals surface area contributed by atoms with Crippen LogP contribution in [0.5, 0.6) is 0 Å². The molecule has 0 aromatic carbocycles. The fourth-order valence-corrected chi connectivity index (χ4v) is 3.39. The third kappa shape index (κ3) is 21.4. The van der Waals surface area contributed by atoms with Gasteiger partial charge in [0.15, 0.2) is 0 Å². The summed E-state index contributed by atoms with van der Waals surface area (Å²) in [4.78, 5) is 23.5. The van der Waals surface area contributed by atoms with E-state index in [9.17, 15) is 9.59 Å². The molecule has 0 heterocycles. The SMILES string of the molecule is CSCCCCCCC(=O)NCCCNC(=O)CCCCCCC(C)(C)C. The van der Waals surface area contributed by atoms with E-state index in [0.29, 0.717) is 31.3 Å². The molecule has 0 aliphatic rings. The Morgan fingerprint density at radius 2 is 1.19 bits per heavy atom. The van der Waals surface area contributed by atoms with Gasteiger partial charge in [0.1, 0.15) is 0 Å². The number of carbonyl (C=O) groups is 2. The quantitative estimate of drug-likeness (QED) is 0.325. The van der Waals surface area contributed by atoms with Crippen LogP contribution in [0.3, 0.4) is 0 Å². The smallest absolute Gasteiger partial charge is 0.219 e. The highest BCUT2D eigenvalue weighted by Crippen LogP contribution is 2.22. The predicted molar refractivity (Wildman–Crippen MR) is 119 cm³/mol. The second kappa shape index (κ2) is 17.4. The molecule has 0 saturated carbocycles. The van der Waals surface area contributed by atoms with Crippen LogP contribution >= 0.6 is 11.8 Å². The standard InChI is InChI=1S/C22H44N2O2S/c1-22(2,3)16-11-7-5-9-14-20(25)23-17-13-18-24-21(26)15-10-6-8-12-19-27-4/h5-19H2,1-4H3,(H,23,25)(H,24,26). The molecule has 0 saturated heterocycles. The molecule has 0 unspecified atom stereocenters. The Hall–Kier alpha value is -0.710. The fraction of sp³-hybridized carbons (Fsp3) is 0.909. The topological polar surface area (TPSA) is 58.2 Å². The lowest BCUT2D eigenvalue weighted by atomic mass is 9.89. The van der Waals surface area contributed by atoms with Crippen molar-refractivity contribution in [1.82, 2.24) is 10.6 Å². The predicted octanol–water partition coefficient (Wildman–Crippen LogP) is 5.31. The van der Waals surface area contributed by atoms with Crippen molar-refractivity contribution in [3.05, 3.63) is 0 Å². The van der Waals surface area contributed by atoms with Crippen molar-refractivity contribution >= 4 is 23.6 Å². The molecule has 0 aliphatic heterocycles. The Kier molecular flexibility index (Phi) is 16.9. The van der Waals surface area contributed by atoms with E-state index in [1.54, 1.807) is 0 Å². The molecular formula is C22H44N2O2S. The highest BCUT2D eigenvalue weighted by atomic mass is 32.2. The van der Waals surface area contributed by atoms with Crippen LogP contribution in [-0.2, 0) is 9.59 Å². The van der Waals surface area contributed by atoms with Crippen molar-refractivity contribution < 1.29 is 9.59 Å². The van der Waals surface area contributed by atoms with Gasteiger partial charge in [-0.3, -0.25) is 9.59 Å². The lowest BCUT2D eigenvalue weighted by Gasteiger charge is -2.17. The van der Waals surface area contributed by atoms with E-state index in [1.165, 1.54) is 37.9 Å². The molecule has 5 heteroatoms. The Morgan fingerprint density at radius 3 is 1.67 bits per heavy atom. The molecule has 0 aliphatic carbocycles. The van der Waals surface area contributed by atoms with E-state index in [4.69, 9.17) is 0 Å². The van der Waals surface area contributed by atoms with Crippen LogP contribution in [0.2, 0.25) is 0 Å². The molecule has 0 fully saturated rings. The minimum absolute atomic E-state index is 0.140. The molecular weight excluding hydrogens is 356 g/mol. The fourth-order valence-electron chi connectivity index (χ4n) is 2.90. The largest absolute Gasteiger partial charge is 0.356 e. The maximum Gasteiger partial charge on any atom is 0.219 e. The summed E-state index contributed by atoms with van der Waals surface area (Å²) in [6.45, 7) is 8.13. The lowest BCUT2D eigenvalue weighted by molar-refractivity contribution is -0.121. The molecule has 27 heavy (non-hydrogen) atoms. The molecule has 0 aromatic rings. The van der Waals surface area contributed by atoms with Gasteiger partial charge in [0, 0.05) is 25.9 Å². The van der Waals surface area contributed by atoms with Crippen LogP contribution < -0.4 is 10.6 Å². The van der Waals surface area contributed by atoms with Crippen LogP contribution in [0, 0.1) is 5.41 Å².